The molecule has 7 nitrogen and oxygen atoms in total. The number of rotatable bonds is 0. The number of phosphoric acid groups is 1. The van der Waals surface area contributed by atoms with E-state index in [2.05, 4.69) is 0 Å². The molecule has 0 saturated heterocycles. The van der Waals surface area contributed by atoms with E-state index in [1.807, 2.05) is 0 Å². The summed E-state index contributed by atoms with van der Waals surface area (Å²) in [7, 11) is -4.64. The summed E-state index contributed by atoms with van der Waals surface area (Å²) in [6.45, 7) is 0. The van der Waals surface area contributed by atoms with E-state index in [4.69, 9.17) is 19.2 Å². The maximum absolute atomic E-state index is 8.88. The van der Waals surface area contributed by atoms with E-state index in [0.717, 1.165) is 0 Å². The second kappa shape index (κ2) is 23.5. The van der Waals surface area contributed by atoms with Gasteiger partial charge in [-0.3, -0.25) is 0 Å². The Labute approximate surface area is 153 Å². The van der Waals surface area contributed by atoms with Gasteiger partial charge in [-0.25, -0.2) is 4.57 Å². The summed E-state index contributed by atoms with van der Waals surface area (Å²) in [4.78, 5) is 21.6. The standard InChI is InChI=1S/3Ca.H3O4P.3H2O.6H/c;;;1-5(2,3)4;;;;;;;;;/h;;;(H3,1,2,3,4);3*1H2;;;;;;. The molecule has 0 aliphatic heterocycles. The zero-order valence-electron chi connectivity index (χ0n) is 3.70. The van der Waals surface area contributed by atoms with Crippen LogP contribution in [0.25, 0.3) is 0 Å². The van der Waals surface area contributed by atoms with Crippen molar-refractivity contribution < 1.29 is 35.7 Å². The molecule has 0 aromatic heterocycles. The molecule has 0 aromatic carbocycles. The Morgan fingerprint density at radius 2 is 0.727 bits per heavy atom. The van der Waals surface area contributed by atoms with Gasteiger partial charge in [-0.2, -0.15) is 0 Å². The van der Waals surface area contributed by atoms with Crippen LogP contribution in [0.5, 0.6) is 0 Å². The van der Waals surface area contributed by atoms with Gasteiger partial charge in [0.05, 0.1) is 0 Å². The minimum absolute atomic E-state index is 0. The fourth-order valence-corrected chi connectivity index (χ4v) is 0. The van der Waals surface area contributed by atoms with Gasteiger partial charge in [-0.05, 0) is 0 Å². The van der Waals surface area contributed by atoms with Gasteiger partial charge in [-0.15, -0.1) is 0 Å². The molecule has 0 radical (unpaired) electrons. The van der Waals surface area contributed by atoms with Crippen molar-refractivity contribution >= 4 is 121 Å². The molecule has 0 spiro atoms. The summed E-state index contributed by atoms with van der Waals surface area (Å²) in [5.74, 6) is 0. The van der Waals surface area contributed by atoms with Crippen molar-refractivity contribution in [1.82, 2.24) is 0 Å². The molecule has 68 valence electrons. The quantitative estimate of drug-likeness (QED) is 0.295. The normalized spacial score (nSPS) is 5.36. The molecule has 0 amide bonds. The number of hydrogen-bond acceptors (Lipinski definition) is 1. The van der Waals surface area contributed by atoms with Crippen LogP contribution in [0, 0.1) is 0 Å². The van der Waals surface area contributed by atoms with E-state index in [1.165, 1.54) is 0 Å². The van der Waals surface area contributed by atoms with Crippen molar-refractivity contribution in [1.29, 1.82) is 0 Å². The van der Waals surface area contributed by atoms with Gasteiger partial charge in [0.15, 0.2) is 0 Å². The SMILES string of the molecule is O.O.O.O=P(O)(O)O.[CaH2].[CaH2].[CaH2]. The topological polar surface area (TPSA) is 172 Å². The molecule has 0 aromatic rings. The molecule has 0 bridgehead atoms. The van der Waals surface area contributed by atoms with Crippen LogP contribution < -0.4 is 0 Å². The van der Waals surface area contributed by atoms with Crippen molar-refractivity contribution in [2.24, 2.45) is 0 Å². The van der Waals surface area contributed by atoms with E-state index in [1.54, 1.807) is 0 Å². The first-order valence-corrected chi connectivity index (χ1v) is 2.35. The van der Waals surface area contributed by atoms with Gasteiger partial charge in [0.1, 0.15) is 0 Å². The first kappa shape index (κ1) is 46.4. The maximum atomic E-state index is 8.88. The Hall–Kier alpha value is 3.77. The van der Waals surface area contributed by atoms with Crippen LogP contribution in [0.4, 0.5) is 0 Å². The summed E-state index contributed by atoms with van der Waals surface area (Å²) in [6, 6.07) is 0. The van der Waals surface area contributed by atoms with Gasteiger partial charge in [0.2, 0.25) is 0 Å². The van der Waals surface area contributed by atoms with E-state index in [-0.39, 0.29) is 130 Å². The average Bonchev–Trinajstić information content (AvgIpc) is 0.722. The third kappa shape index (κ3) is 134. The van der Waals surface area contributed by atoms with Crippen LogP contribution in [0.3, 0.4) is 0 Å². The third-order valence-corrected chi connectivity index (χ3v) is 0. The molecule has 0 aliphatic rings. The molecule has 0 aliphatic carbocycles. The van der Waals surface area contributed by atoms with Gasteiger partial charge in [-0.1, -0.05) is 0 Å². The molecule has 9 N–H and O–H groups in total. The third-order valence-electron chi connectivity index (χ3n) is 0. The van der Waals surface area contributed by atoms with Crippen LogP contribution in [0.1, 0.15) is 0 Å². The van der Waals surface area contributed by atoms with Crippen LogP contribution in [-0.4, -0.2) is 144 Å². The second-order valence-electron chi connectivity index (χ2n) is 0.513. The Morgan fingerprint density at radius 1 is 0.727 bits per heavy atom. The Kier molecular flexibility index (Phi) is 99.2. The molecule has 0 rings (SSSR count). The molecular weight excluding hydrogens is 263 g/mol. The molecule has 11 heteroatoms. The average molecular weight is 278 g/mol. The van der Waals surface area contributed by atoms with E-state index in [9.17, 15) is 0 Å². The fourth-order valence-electron chi connectivity index (χ4n) is 0. The summed E-state index contributed by atoms with van der Waals surface area (Å²) in [5.41, 5.74) is 0. The zero-order valence-corrected chi connectivity index (χ0v) is 4.59. The molecule has 0 heterocycles. The van der Waals surface area contributed by atoms with Gasteiger partial charge in [0, 0.05) is 0 Å². The summed E-state index contributed by atoms with van der Waals surface area (Å²) in [5, 5.41) is 0. The molecule has 0 atom stereocenters. The van der Waals surface area contributed by atoms with E-state index >= 15 is 0 Å². The second-order valence-corrected chi connectivity index (χ2v) is 1.54. The van der Waals surface area contributed by atoms with Crippen molar-refractivity contribution in [3.05, 3.63) is 0 Å². The van der Waals surface area contributed by atoms with E-state index < -0.39 is 7.82 Å². The predicted molar refractivity (Wildman–Crippen MR) is 50.7 cm³/mol. The first-order valence-electron chi connectivity index (χ1n) is 0.783. The molecule has 0 fully saturated rings. The zero-order chi connectivity index (χ0) is 4.50. The van der Waals surface area contributed by atoms with Crippen LogP contribution in [-0.2, 0) is 4.57 Å². The molecule has 11 heavy (non-hydrogen) atoms. The first-order chi connectivity index (χ1) is 2.00. The fraction of sp³-hybridized carbons (Fsp3) is 0. The Balaban J connectivity index is -0.00000000533. The van der Waals surface area contributed by atoms with Crippen molar-refractivity contribution in [3.63, 3.8) is 0 Å². The van der Waals surface area contributed by atoms with Crippen LogP contribution in [0.15, 0.2) is 0 Å². The van der Waals surface area contributed by atoms with Crippen molar-refractivity contribution in [3.8, 4) is 0 Å². The molecule has 0 saturated carbocycles. The van der Waals surface area contributed by atoms with Gasteiger partial charge >= 0.3 is 121 Å². The summed E-state index contributed by atoms with van der Waals surface area (Å²) in [6.07, 6.45) is 0. The van der Waals surface area contributed by atoms with Crippen LogP contribution in [0.2, 0.25) is 0 Å². The Bertz CT molecular complexity index is 59.8. The predicted octanol–water partition coefficient (Wildman–Crippen LogP) is -6.15. The Morgan fingerprint density at radius 3 is 0.727 bits per heavy atom. The van der Waals surface area contributed by atoms with Gasteiger partial charge in [0.25, 0.3) is 0 Å². The van der Waals surface area contributed by atoms with Crippen molar-refractivity contribution in [2.75, 3.05) is 0 Å². The van der Waals surface area contributed by atoms with Crippen molar-refractivity contribution in [2.45, 2.75) is 0 Å². The minimum atomic E-state index is -4.64. The summed E-state index contributed by atoms with van der Waals surface area (Å²) >= 11 is 0. The molecular formula is H15Ca3O7P. The number of hydrogen-bond donors (Lipinski definition) is 3. The summed E-state index contributed by atoms with van der Waals surface area (Å²) < 4.78 is 8.88. The van der Waals surface area contributed by atoms with Gasteiger partial charge < -0.3 is 31.1 Å². The van der Waals surface area contributed by atoms with Crippen LogP contribution >= 0.6 is 7.82 Å². The molecule has 0 unspecified atom stereocenters. The monoisotopic (exact) mass is 278 g/mol. The van der Waals surface area contributed by atoms with E-state index in [0.29, 0.717) is 0 Å².